The van der Waals surface area contributed by atoms with Crippen molar-refractivity contribution in [3.8, 4) is 34.5 Å². The largest absolute Gasteiger partial charge is 0.497 e. The number of thioether (sulfide) groups is 1. The molecule has 91 heavy (non-hydrogen) atoms. The summed E-state index contributed by atoms with van der Waals surface area (Å²) in [6.45, 7) is 29.8. The molecule has 1 aliphatic heterocycles. The Bertz CT molecular complexity index is 3190. The zero-order chi connectivity index (χ0) is 67.5. The van der Waals surface area contributed by atoms with Gasteiger partial charge in [-0.15, -0.1) is 0 Å². The van der Waals surface area contributed by atoms with E-state index >= 15 is 0 Å². The molecular weight excluding hydrogens is 1210 g/mol. The minimum absolute atomic E-state index is 0.0324. The van der Waals surface area contributed by atoms with Gasteiger partial charge in [0.25, 0.3) is 0 Å². The Hall–Kier alpha value is -4.00. The highest BCUT2D eigenvalue weighted by Gasteiger charge is 2.61. The van der Waals surface area contributed by atoms with Gasteiger partial charge in [-0.1, -0.05) is 106 Å². The predicted octanol–water partition coefficient (Wildman–Crippen LogP) is 16.2. The van der Waals surface area contributed by atoms with Crippen LogP contribution in [0.5, 0.6) is 34.5 Å². The van der Waals surface area contributed by atoms with Crippen LogP contribution in [0.25, 0.3) is 0 Å². The van der Waals surface area contributed by atoms with E-state index in [4.69, 9.17) is 33.2 Å². The summed E-state index contributed by atoms with van der Waals surface area (Å²) in [7, 11) is 2.23. The van der Waals surface area contributed by atoms with Gasteiger partial charge in [0.1, 0.15) is 34.5 Å². The van der Waals surface area contributed by atoms with Crippen LogP contribution in [0.2, 0.25) is 0 Å². The Morgan fingerprint density at radius 2 is 1.01 bits per heavy atom. The van der Waals surface area contributed by atoms with Gasteiger partial charge in [0, 0.05) is 29.7 Å². The van der Waals surface area contributed by atoms with E-state index < -0.39 is 31.4 Å². The summed E-state index contributed by atoms with van der Waals surface area (Å²) in [6, 6.07) is 15.2. The van der Waals surface area contributed by atoms with Crippen LogP contribution in [0.4, 0.5) is 0 Å². The number of aliphatic hydroxyl groups excluding tert-OH is 1. The van der Waals surface area contributed by atoms with Crippen molar-refractivity contribution in [2.75, 3.05) is 60.8 Å². The van der Waals surface area contributed by atoms with Crippen LogP contribution in [0.15, 0.2) is 80.4 Å². The van der Waals surface area contributed by atoms with Crippen molar-refractivity contribution < 1.29 is 65.0 Å². The normalized spacial score (nSPS) is 32.2. The third-order valence-electron chi connectivity index (χ3n) is 23.6. The average Bonchev–Trinajstić information content (AvgIpc) is 0.789. The third kappa shape index (κ3) is 16.5. The number of allylic oxidation sites excluding steroid dienone is 1. The van der Waals surface area contributed by atoms with Crippen molar-refractivity contribution in [2.24, 2.45) is 68.0 Å². The molecule has 3 aromatic carbocycles. The van der Waals surface area contributed by atoms with E-state index in [-0.39, 0.29) is 76.7 Å². The first-order chi connectivity index (χ1) is 42.4. The zero-order valence-corrected chi connectivity index (χ0v) is 61.2. The molecule has 0 aromatic heterocycles. The molecule has 12 atom stereocenters. The van der Waals surface area contributed by atoms with Crippen LogP contribution in [-0.2, 0) is 29.2 Å². The summed E-state index contributed by atoms with van der Waals surface area (Å²) in [5, 5.41) is 22.2. The van der Waals surface area contributed by atoms with Crippen molar-refractivity contribution in [1.82, 2.24) is 0 Å². The topological polar surface area (TPSA) is 190 Å². The fourth-order valence-corrected chi connectivity index (χ4v) is 23.6. The molecule has 17 heteroatoms. The summed E-state index contributed by atoms with van der Waals surface area (Å²) < 4.78 is 90.7. The number of fused-ring (bicyclic) bond motifs is 3. The standard InChI is InChI=1S/C23H36O5S.2C23H34O4S.C5H10O/c1-15-19(23(4)9-7-8-22(2,3)21(23)13-20(15)24)14-29(25,26)18-11-16(27-5)10-17(12-18)28-6;1-16-8-9-21-22(2,3)10-7-11-23(21,4)20(16)15-28(24,25)19-13-17(26-5)12-18(14-19)27-6;1-21(2)9-7-10-22(3)18(21)8-11-23(4,25)19(22)20(24)28-17-13-15(26-5)12-16(14-17)27-6;1-5-3-2-4-6-5/h10-12,15,19-21,24H,7-9,13-14H2,1-6H3;12-14,21H,7-11,15H2,1-6H3;12-14,18-19,25H,7-11H2,1-6H3;5H,2-4H2,1H3/t15?,19?,20?,21-,23+;21-,23+;18-,19+,22-,23+;/m000./s1. The van der Waals surface area contributed by atoms with Crippen molar-refractivity contribution in [2.45, 2.75) is 225 Å². The van der Waals surface area contributed by atoms with E-state index in [2.05, 4.69) is 76.2 Å². The van der Waals surface area contributed by atoms with Gasteiger partial charge in [0.2, 0.25) is 0 Å². The molecule has 4 unspecified atom stereocenters. The molecule has 6 fully saturated rings. The highest BCUT2D eigenvalue weighted by molar-refractivity contribution is 8.13. The van der Waals surface area contributed by atoms with Gasteiger partial charge in [0.05, 0.1) is 87.7 Å². The molecule has 1 heterocycles. The van der Waals surface area contributed by atoms with Crippen molar-refractivity contribution in [3.63, 3.8) is 0 Å². The highest BCUT2D eigenvalue weighted by atomic mass is 32.2. The number of ether oxygens (including phenoxy) is 7. The van der Waals surface area contributed by atoms with Crippen LogP contribution in [0.3, 0.4) is 0 Å². The van der Waals surface area contributed by atoms with E-state index in [0.29, 0.717) is 64.8 Å². The number of sulfone groups is 2. The quantitative estimate of drug-likeness (QED) is 0.114. The molecule has 0 spiro atoms. The first-order valence-corrected chi connectivity index (χ1v) is 37.6. The van der Waals surface area contributed by atoms with E-state index in [9.17, 15) is 31.8 Å². The monoisotopic (exact) mass is 1320 g/mol. The number of methoxy groups -OCH3 is 6. The van der Waals surface area contributed by atoms with Crippen LogP contribution < -0.4 is 28.4 Å². The fourth-order valence-electron chi connectivity index (χ4n) is 18.7. The number of carbonyl (C=O) groups excluding carboxylic acids is 1. The summed E-state index contributed by atoms with van der Waals surface area (Å²) >= 11 is 1.21. The molecule has 3 aromatic rings. The lowest BCUT2D eigenvalue weighted by molar-refractivity contribution is -0.171. The van der Waals surface area contributed by atoms with Gasteiger partial charge in [-0.05, 0) is 208 Å². The van der Waals surface area contributed by atoms with Gasteiger partial charge >= 0.3 is 0 Å². The lowest BCUT2D eigenvalue weighted by atomic mass is 9.46. The molecule has 14 nitrogen and oxygen atoms in total. The van der Waals surface area contributed by atoms with E-state index in [1.807, 2.05) is 26.0 Å². The van der Waals surface area contributed by atoms with Gasteiger partial charge in [-0.3, -0.25) is 4.79 Å². The van der Waals surface area contributed by atoms with Crippen molar-refractivity contribution in [3.05, 3.63) is 65.7 Å². The second-order valence-corrected chi connectivity index (χ2v) is 36.0. The second-order valence-electron chi connectivity index (χ2n) is 30.9. The van der Waals surface area contributed by atoms with Gasteiger partial charge in [-0.25, -0.2) is 16.8 Å². The van der Waals surface area contributed by atoms with Crippen LogP contribution in [0, 0.1) is 68.0 Å². The highest BCUT2D eigenvalue weighted by Crippen LogP contribution is 2.65. The lowest BCUT2D eigenvalue weighted by Gasteiger charge is -2.60. The summed E-state index contributed by atoms with van der Waals surface area (Å²) in [6.07, 6.45) is 17.2. The number of carbonyl (C=O) groups is 1. The van der Waals surface area contributed by atoms with Gasteiger partial charge in [-0.2, -0.15) is 0 Å². The number of rotatable bonds is 14. The van der Waals surface area contributed by atoms with E-state index in [1.54, 1.807) is 56.7 Å². The number of hydrogen-bond acceptors (Lipinski definition) is 15. The fraction of sp³-hybridized carbons (Fsp3) is 0.716. The van der Waals surface area contributed by atoms with Crippen LogP contribution >= 0.6 is 11.8 Å². The van der Waals surface area contributed by atoms with E-state index in [1.165, 1.54) is 71.5 Å². The van der Waals surface area contributed by atoms with Crippen molar-refractivity contribution in [1.29, 1.82) is 0 Å². The second kappa shape index (κ2) is 29.1. The molecule has 5 saturated carbocycles. The summed E-state index contributed by atoms with van der Waals surface area (Å²) in [5.74, 6) is 4.09. The molecule has 0 amide bonds. The molecule has 2 N–H and O–H groups in total. The lowest BCUT2D eigenvalue weighted by Crippen LogP contribution is -2.59. The molecule has 10 rings (SSSR count). The Morgan fingerprint density at radius 3 is 1.47 bits per heavy atom. The maximum Gasteiger partial charge on any atom is 0.200 e. The van der Waals surface area contributed by atoms with Crippen LogP contribution in [0.1, 0.15) is 193 Å². The summed E-state index contributed by atoms with van der Waals surface area (Å²) in [5.41, 5.74) is 1.65. The minimum atomic E-state index is -3.58. The SMILES string of the molecule is CC1CCCO1.COc1cc(OC)cc(S(=O)(=O)CC2=C(C)CC[C@H]3C(C)(C)CCC[C@]23C)c1.COc1cc(OC)cc(S(=O)(=O)CC2C(C)C(O)C[C@H]3C(C)(C)CCC[C@]23C)c1.COc1cc(OC)cc(SC(=O)[C@@H]2[C@@]3(C)CCCC(C)(C)[C@@H]3CC[C@@]2(C)O)c1. The first kappa shape index (κ1) is 74.4. The minimum Gasteiger partial charge on any atom is -0.497 e. The van der Waals surface area contributed by atoms with Crippen LogP contribution in [-0.4, -0.2) is 111 Å². The Morgan fingerprint density at radius 1 is 0.560 bits per heavy atom. The smallest absolute Gasteiger partial charge is 0.200 e. The molecule has 6 aliphatic carbocycles. The number of benzene rings is 3. The third-order valence-corrected chi connectivity index (χ3v) is 27.9. The zero-order valence-electron chi connectivity index (χ0n) is 58.8. The van der Waals surface area contributed by atoms with E-state index in [0.717, 1.165) is 87.7 Å². The first-order valence-electron chi connectivity index (χ1n) is 33.5. The van der Waals surface area contributed by atoms with Gasteiger partial charge < -0.3 is 43.4 Å². The molecule has 7 aliphatic rings. The summed E-state index contributed by atoms with van der Waals surface area (Å²) in [4.78, 5) is 14.9. The average molecular weight is 1320 g/mol. The Kier molecular flexibility index (Phi) is 23.8. The Labute approximate surface area is 552 Å². The van der Waals surface area contributed by atoms with Crippen molar-refractivity contribution >= 4 is 36.6 Å². The van der Waals surface area contributed by atoms with Gasteiger partial charge in [0.15, 0.2) is 24.8 Å². The molecule has 512 valence electrons. The maximum atomic E-state index is 13.6. The predicted molar refractivity (Wildman–Crippen MR) is 365 cm³/mol. The molecular formula is C74H114O14S3. The maximum absolute atomic E-state index is 13.6. The number of aliphatic hydroxyl groups is 2. The number of hydrogen-bond donors (Lipinski definition) is 2. The molecule has 0 radical (unpaired) electrons. The molecule has 0 bridgehead atoms. The Balaban J connectivity index is 0.000000185. The molecule has 1 saturated heterocycles.